The van der Waals surface area contributed by atoms with Crippen molar-refractivity contribution < 1.29 is 18.0 Å². The highest BCUT2D eigenvalue weighted by molar-refractivity contribution is 7.94. The Balaban J connectivity index is 1.26. The van der Waals surface area contributed by atoms with Crippen molar-refractivity contribution >= 4 is 21.7 Å². The summed E-state index contributed by atoms with van der Waals surface area (Å²) in [4.78, 5) is 30.4. The summed E-state index contributed by atoms with van der Waals surface area (Å²) in [6.45, 7) is 0.955. The lowest BCUT2D eigenvalue weighted by molar-refractivity contribution is 0.0730. The van der Waals surface area contributed by atoms with Gasteiger partial charge in [-0.15, -0.1) is 0 Å². The summed E-state index contributed by atoms with van der Waals surface area (Å²) in [7, 11) is -3.19. The van der Waals surface area contributed by atoms with Gasteiger partial charge in [-0.3, -0.25) is 9.59 Å². The summed E-state index contributed by atoms with van der Waals surface area (Å²) in [6.07, 6.45) is 4.77. The van der Waals surface area contributed by atoms with Crippen LogP contribution < -0.4 is 5.32 Å². The molecule has 2 saturated carbocycles. The average Bonchev–Trinajstić information content (AvgIpc) is 3.72. The van der Waals surface area contributed by atoms with Gasteiger partial charge in [0.2, 0.25) is 0 Å². The zero-order chi connectivity index (χ0) is 22.5. The van der Waals surface area contributed by atoms with Crippen molar-refractivity contribution in [2.75, 3.05) is 13.1 Å². The number of sulfone groups is 1. The van der Waals surface area contributed by atoms with Gasteiger partial charge in [0.1, 0.15) is 5.69 Å². The fraction of sp³-hybridized carbons (Fsp3) is 0.435. The Morgan fingerprint density at radius 1 is 1.25 bits per heavy atom. The summed E-state index contributed by atoms with van der Waals surface area (Å²) in [6, 6.07) is 9.03. The number of aromatic nitrogens is 1. The van der Waals surface area contributed by atoms with E-state index in [1.165, 1.54) is 0 Å². The molecule has 0 atom stereocenters. The molecular formula is C23H24N4O4S. The van der Waals surface area contributed by atoms with E-state index in [1.807, 2.05) is 0 Å². The first-order chi connectivity index (χ1) is 15.3. The number of hydrogen-bond donors (Lipinski definition) is 2. The Kier molecular flexibility index (Phi) is 4.86. The van der Waals surface area contributed by atoms with E-state index in [4.69, 9.17) is 5.26 Å². The maximum atomic E-state index is 13.1. The summed E-state index contributed by atoms with van der Waals surface area (Å²) < 4.78 is 24.8. The fourth-order valence-electron chi connectivity index (χ4n) is 4.49. The van der Waals surface area contributed by atoms with Crippen LogP contribution in [-0.4, -0.2) is 53.2 Å². The number of nitrogens with one attached hydrogen (secondary N) is 2. The largest absolute Gasteiger partial charge is 0.356 e. The zero-order valence-electron chi connectivity index (χ0n) is 17.6. The van der Waals surface area contributed by atoms with E-state index in [-0.39, 0.29) is 23.6 Å². The van der Waals surface area contributed by atoms with E-state index in [9.17, 15) is 18.0 Å². The van der Waals surface area contributed by atoms with Gasteiger partial charge < -0.3 is 15.2 Å². The van der Waals surface area contributed by atoms with E-state index < -0.39 is 14.6 Å². The Bertz CT molecular complexity index is 1230. The SMILES string of the molecule is N#Cc1ccc(CNC(=O)c2c[nH]c3c2CCN(CC2(S(=O)(=O)C4CC4)CC2)C3=O)cc1. The van der Waals surface area contributed by atoms with Crippen LogP contribution in [0, 0.1) is 11.3 Å². The van der Waals surface area contributed by atoms with Gasteiger partial charge in [-0.2, -0.15) is 5.26 Å². The topological polar surface area (TPSA) is 123 Å². The highest BCUT2D eigenvalue weighted by Gasteiger charge is 2.60. The first kappa shape index (κ1) is 20.8. The van der Waals surface area contributed by atoms with Gasteiger partial charge in [0.05, 0.1) is 27.2 Å². The van der Waals surface area contributed by atoms with Gasteiger partial charge in [-0.05, 0) is 55.4 Å². The Hall–Kier alpha value is -3.12. The third kappa shape index (κ3) is 3.48. The fourth-order valence-corrected chi connectivity index (χ4v) is 6.96. The molecule has 2 amide bonds. The van der Waals surface area contributed by atoms with Crippen molar-refractivity contribution in [1.82, 2.24) is 15.2 Å². The minimum atomic E-state index is -3.19. The molecule has 166 valence electrons. The Morgan fingerprint density at radius 3 is 2.59 bits per heavy atom. The predicted molar refractivity (Wildman–Crippen MR) is 117 cm³/mol. The summed E-state index contributed by atoms with van der Waals surface area (Å²) in [5.74, 6) is -0.516. The maximum absolute atomic E-state index is 13.1. The second kappa shape index (κ2) is 7.48. The van der Waals surface area contributed by atoms with Crippen molar-refractivity contribution in [3.63, 3.8) is 0 Å². The molecule has 0 saturated heterocycles. The van der Waals surface area contributed by atoms with E-state index in [0.717, 1.165) is 18.4 Å². The molecule has 3 aliphatic rings. The highest BCUT2D eigenvalue weighted by atomic mass is 32.2. The molecule has 1 aromatic carbocycles. The highest BCUT2D eigenvalue weighted by Crippen LogP contribution is 2.50. The van der Waals surface area contributed by atoms with Gasteiger partial charge in [-0.25, -0.2) is 8.42 Å². The number of benzene rings is 1. The van der Waals surface area contributed by atoms with Crippen molar-refractivity contribution in [3.05, 3.63) is 58.4 Å². The van der Waals surface area contributed by atoms with Crippen LogP contribution in [0.4, 0.5) is 0 Å². The van der Waals surface area contributed by atoms with Crippen LogP contribution in [0.15, 0.2) is 30.5 Å². The molecular weight excluding hydrogens is 428 g/mol. The molecule has 2 aliphatic carbocycles. The lowest BCUT2D eigenvalue weighted by atomic mass is 10.0. The van der Waals surface area contributed by atoms with Crippen LogP contribution >= 0.6 is 0 Å². The molecule has 0 spiro atoms. The van der Waals surface area contributed by atoms with Crippen molar-refractivity contribution in [2.45, 2.75) is 48.6 Å². The Labute approximate surface area is 186 Å². The minimum absolute atomic E-state index is 0.225. The number of fused-ring (bicyclic) bond motifs is 1. The summed E-state index contributed by atoms with van der Waals surface area (Å²) in [5.41, 5.74) is 2.92. The summed E-state index contributed by atoms with van der Waals surface area (Å²) in [5, 5.41) is 11.5. The second-order valence-corrected chi connectivity index (χ2v) is 11.6. The molecule has 9 heteroatoms. The average molecular weight is 453 g/mol. The normalized spacial score (nSPS) is 19.2. The van der Waals surface area contributed by atoms with Gasteiger partial charge in [0.15, 0.2) is 9.84 Å². The van der Waals surface area contributed by atoms with E-state index in [0.29, 0.717) is 54.7 Å². The molecule has 1 aromatic heterocycles. The van der Waals surface area contributed by atoms with Crippen molar-refractivity contribution in [2.24, 2.45) is 0 Å². The van der Waals surface area contributed by atoms with Gasteiger partial charge >= 0.3 is 0 Å². The molecule has 2 fully saturated rings. The number of hydrogen-bond acceptors (Lipinski definition) is 5. The molecule has 0 bridgehead atoms. The third-order valence-electron chi connectivity index (χ3n) is 6.75. The number of nitriles is 1. The van der Waals surface area contributed by atoms with E-state index >= 15 is 0 Å². The lowest BCUT2D eigenvalue weighted by Gasteiger charge is -2.31. The van der Waals surface area contributed by atoms with Crippen LogP contribution in [0.5, 0.6) is 0 Å². The quantitative estimate of drug-likeness (QED) is 0.664. The van der Waals surface area contributed by atoms with Crippen molar-refractivity contribution in [3.8, 4) is 6.07 Å². The maximum Gasteiger partial charge on any atom is 0.270 e. The molecule has 2 aromatic rings. The molecule has 32 heavy (non-hydrogen) atoms. The van der Waals surface area contributed by atoms with E-state index in [1.54, 1.807) is 35.4 Å². The van der Waals surface area contributed by atoms with Gasteiger partial charge in [0, 0.05) is 25.8 Å². The first-order valence-electron chi connectivity index (χ1n) is 10.8. The number of carbonyl (C=O) groups is 2. The van der Waals surface area contributed by atoms with Crippen molar-refractivity contribution in [1.29, 1.82) is 5.26 Å². The standard InChI is InChI=1S/C23H24N4O4S/c24-11-15-1-3-16(4-2-15)12-26-21(28)19-13-25-20-18(19)7-10-27(22(20)29)14-23(8-9-23)32(30,31)17-5-6-17/h1-4,13,17,25H,5-10,12,14H2,(H,26,28). The van der Waals surface area contributed by atoms with Crippen LogP contribution in [-0.2, 0) is 22.8 Å². The van der Waals surface area contributed by atoms with E-state index in [2.05, 4.69) is 16.4 Å². The second-order valence-electron chi connectivity index (χ2n) is 8.95. The van der Waals surface area contributed by atoms with Crippen LogP contribution in [0.3, 0.4) is 0 Å². The van der Waals surface area contributed by atoms with Gasteiger partial charge in [-0.1, -0.05) is 12.1 Å². The number of aromatic amines is 1. The number of H-pyrrole nitrogens is 1. The third-order valence-corrected chi connectivity index (χ3v) is 9.85. The van der Waals surface area contributed by atoms with Crippen LogP contribution in [0.1, 0.15) is 63.2 Å². The first-order valence-corrected chi connectivity index (χ1v) is 12.4. The predicted octanol–water partition coefficient (Wildman–Crippen LogP) is 1.92. The number of rotatable bonds is 7. The van der Waals surface area contributed by atoms with Crippen LogP contribution in [0.2, 0.25) is 0 Å². The summed E-state index contributed by atoms with van der Waals surface area (Å²) >= 11 is 0. The molecule has 0 unspecified atom stereocenters. The molecule has 1 aliphatic heterocycles. The smallest absolute Gasteiger partial charge is 0.270 e. The molecule has 5 rings (SSSR count). The molecule has 8 nitrogen and oxygen atoms in total. The molecule has 2 N–H and O–H groups in total. The number of nitrogens with zero attached hydrogens (tertiary/aromatic N) is 2. The number of amides is 2. The van der Waals surface area contributed by atoms with Crippen LogP contribution in [0.25, 0.3) is 0 Å². The zero-order valence-corrected chi connectivity index (χ0v) is 18.4. The molecule has 2 heterocycles. The minimum Gasteiger partial charge on any atom is -0.356 e. The Morgan fingerprint density at radius 2 is 1.97 bits per heavy atom. The monoisotopic (exact) mass is 452 g/mol. The number of carbonyl (C=O) groups excluding carboxylic acids is 2. The molecule has 0 radical (unpaired) electrons. The lowest BCUT2D eigenvalue weighted by Crippen LogP contribution is -2.46. The van der Waals surface area contributed by atoms with Gasteiger partial charge in [0.25, 0.3) is 11.8 Å².